The minimum atomic E-state index is -1.09. The summed E-state index contributed by atoms with van der Waals surface area (Å²) in [6.45, 7) is 2.89. The number of rotatable bonds is 5. The highest BCUT2D eigenvalue weighted by atomic mass is 16.5. The van der Waals surface area contributed by atoms with Gasteiger partial charge in [0.05, 0.1) is 18.9 Å². The predicted octanol–water partition coefficient (Wildman–Crippen LogP) is 2.69. The Kier molecular flexibility index (Phi) is 8.46. The first-order chi connectivity index (χ1) is 18.3. The first kappa shape index (κ1) is 26.9. The minimum absolute atomic E-state index is 0.0428. The van der Waals surface area contributed by atoms with Crippen molar-refractivity contribution in [2.75, 3.05) is 31.8 Å². The molecule has 9 heteroatoms. The molecule has 0 saturated carbocycles. The second kappa shape index (κ2) is 11.9. The summed E-state index contributed by atoms with van der Waals surface area (Å²) in [4.78, 5) is 27.1. The lowest BCUT2D eigenvalue weighted by Gasteiger charge is -2.26. The molecule has 38 heavy (non-hydrogen) atoms. The topological polar surface area (TPSA) is 124 Å². The number of likely N-dealkylation sites (N-methyl/N-ethyl adjacent to an activating group) is 1. The Morgan fingerprint density at radius 1 is 1.24 bits per heavy atom. The Hall–Kier alpha value is -4.13. The fourth-order valence-electron chi connectivity index (χ4n) is 4.15. The van der Waals surface area contributed by atoms with Crippen LogP contribution in [0, 0.1) is 24.2 Å². The van der Waals surface area contributed by atoms with Crippen molar-refractivity contribution in [3.05, 3.63) is 70.9 Å². The summed E-state index contributed by atoms with van der Waals surface area (Å²) in [5, 5.41) is 23.5. The molecule has 2 aromatic rings. The highest BCUT2D eigenvalue weighted by Crippen LogP contribution is 2.31. The van der Waals surface area contributed by atoms with Crippen LogP contribution in [-0.2, 0) is 16.0 Å². The van der Waals surface area contributed by atoms with Crippen molar-refractivity contribution in [3.63, 3.8) is 0 Å². The molecule has 2 aromatic carbocycles. The Morgan fingerprint density at radius 3 is 2.68 bits per heavy atom. The quantitative estimate of drug-likeness (QED) is 0.359. The van der Waals surface area contributed by atoms with Crippen LogP contribution in [0.1, 0.15) is 29.5 Å². The zero-order valence-corrected chi connectivity index (χ0v) is 21.5. The van der Waals surface area contributed by atoms with Crippen LogP contribution in [0.25, 0.3) is 0 Å². The fraction of sp³-hybridized carbons (Fsp3) is 0.345. The van der Waals surface area contributed by atoms with Crippen molar-refractivity contribution in [2.24, 2.45) is 0 Å². The van der Waals surface area contributed by atoms with Crippen molar-refractivity contribution in [3.8, 4) is 17.6 Å². The van der Waals surface area contributed by atoms with Crippen LogP contribution in [0.4, 0.5) is 10.5 Å². The molecule has 0 radical (unpaired) electrons. The number of aliphatic hydroxyl groups is 1. The van der Waals surface area contributed by atoms with Crippen LogP contribution in [0.3, 0.4) is 0 Å². The van der Waals surface area contributed by atoms with E-state index in [1.54, 1.807) is 25.2 Å². The molecule has 0 aromatic heterocycles. The summed E-state index contributed by atoms with van der Waals surface area (Å²) in [6, 6.07) is 11.7. The number of carbonyl (C=O) groups is 2. The minimum Gasteiger partial charge on any atom is -0.489 e. The van der Waals surface area contributed by atoms with Crippen LogP contribution in [0.5, 0.6) is 5.75 Å². The van der Waals surface area contributed by atoms with Gasteiger partial charge in [-0.05, 0) is 36.3 Å². The number of nitrogens with zero attached hydrogens (tertiary/aromatic N) is 1. The average molecular weight is 517 g/mol. The first-order valence-corrected chi connectivity index (χ1v) is 12.5. The second-order valence-electron chi connectivity index (χ2n) is 9.48. The van der Waals surface area contributed by atoms with E-state index in [4.69, 9.17) is 14.9 Å². The summed E-state index contributed by atoms with van der Waals surface area (Å²) in [5.74, 6) is 6.09. The predicted molar refractivity (Wildman–Crippen MR) is 144 cm³/mol. The van der Waals surface area contributed by atoms with Crippen LogP contribution < -0.4 is 20.3 Å². The van der Waals surface area contributed by atoms with Crippen molar-refractivity contribution in [1.82, 2.24) is 10.6 Å². The maximum Gasteiger partial charge on any atom is 0.319 e. The summed E-state index contributed by atoms with van der Waals surface area (Å²) in [7, 11) is 1.61. The Labute approximate surface area is 222 Å². The van der Waals surface area contributed by atoms with Crippen LogP contribution in [0.2, 0.25) is 0 Å². The third-order valence-electron chi connectivity index (χ3n) is 6.52. The molecule has 2 aliphatic heterocycles. The number of amides is 3. The maximum atomic E-state index is 13.1. The van der Waals surface area contributed by atoms with Gasteiger partial charge in [-0.1, -0.05) is 41.7 Å². The maximum absolute atomic E-state index is 13.1. The number of allylic oxidation sites excluding steroid dienone is 1. The molecule has 4 N–H and O–H groups in total. The number of aryl methyl sites for hydroxylation is 1. The Morgan fingerprint density at radius 2 is 1.97 bits per heavy atom. The lowest BCUT2D eigenvalue weighted by molar-refractivity contribution is -0.120. The molecule has 2 aliphatic rings. The SMILES string of the molecule is Cc1ccc(C/C(C=N)=C/NC(=O)N[C@H]2COc3ccc(C#CC4(O)CCOCC4)cc3N(C)C2=O)cc1. The van der Waals surface area contributed by atoms with Gasteiger partial charge >= 0.3 is 6.03 Å². The molecular formula is C29H32N4O5. The third kappa shape index (κ3) is 6.79. The van der Waals surface area contributed by atoms with E-state index >= 15 is 0 Å². The molecule has 0 aliphatic carbocycles. The summed E-state index contributed by atoms with van der Waals surface area (Å²) in [5.41, 5.74) is 2.84. The summed E-state index contributed by atoms with van der Waals surface area (Å²) >= 11 is 0. The highest BCUT2D eigenvalue weighted by molar-refractivity contribution is 6.00. The van der Waals surface area contributed by atoms with E-state index in [9.17, 15) is 14.7 Å². The summed E-state index contributed by atoms with van der Waals surface area (Å²) in [6.07, 6.45) is 4.03. The van der Waals surface area contributed by atoms with Crippen LogP contribution in [-0.4, -0.2) is 61.8 Å². The largest absolute Gasteiger partial charge is 0.489 e. The van der Waals surface area contributed by atoms with Gasteiger partial charge in [0.1, 0.15) is 24.0 Å². The number of hydrogen-bond donors (Lipinski definition) is 4. The standard InChI is InChI=1S/C29H32N4O5/c1-20-3-5-21(6-4-20)15-23(17-30)18-31-28(35)32-24-19-38-26-8-7-22(16-25(26)33(2)27(24)34)9-10-29(36)11-13-37-14-12-29/h3-8,16-18,24,30,36H,11-15,19H2,1-2H3,(H2,31,32,35)/b23-18-,30-17?/t24-/m0/s1. The van der Waals surface area contributed by atoms with Gasteiger partial charge in [0, 0.05) is 44.3 Å². The van der Waals surface area contributed by atoms with Crippen LogP contribution in [0.15, 0.2) is 54.2 Å². The molecule has 0 spiro atoms. The zero-order valence-electron chi connectivity index (χ0n) is 21.5. The molecule has 2 heterocycles. The lowest BCUT2D eigenvalue weighted by Crippen LogP contribution is -2.51. The molecule has 0 bridgehead atoms. The number of benzene rings is 2. The monoisotopic (exact) mass is 516 g/mol. The fourth-order valence-corrected chi connectivity index (χ4v) is 4.15. The molecule has 1 atom stereocenters. The van der Waals surface area contributed by atoms with Crippen molar-refractivity contribution in [1.29, 1.82) is 5.41 Å². The van der Waals surface area contributed by atoms with Gasteiger partial charge in [-0.3, -0.25) is 4.79 Å². The second-order valence-corrected chi connectivity index (χ2v) is 9.48. The molecular weight excluding hydrogens is 484 g/mol. The van der Waals surface area contributed by atoms with Crippen molar-refractivity contribution >= 4 is 23.8 Å². The molecule has 1 fully saturated rings. The third-order valence-corrected chi connectivity index (χ3v) is 6.52. The first-order valence-electron chi connectivity index (χ1n) is 12.5. The van der Waals surface area contributed by atoms with Gasteiger partial charge < -0.3 is 35.5 Å². The number of urea groups is 1. The van der Waals surface area contributed by atoms with Gasteiger partial charge in [0.2, 0.25) is 0 Å². The smallest absolute Gasteiger partial charge is 0.319 e. The van der Waals surface area contributed by atoms with E-state index in [1.807, 2.05) is 31.2 Å². The van der Waals surface area contributed by atoms with E-state index < -0.39 is 17.7 Å². The van der Waals surface area contributed by atoms with E-state index in [1.165, 1.54) is 17.3 Å². The molecule has 4 rings (SSSR count). The number of hydrogen-bond acceptors (Lipinski definition) is 6. The number of ether oxygens (including phenoxy) is 2. The van der Waals surface area contributed by atoms with E-state index in [2.05, 4.69) is 22.5 Å². The zero-order chi connectivity index (χ0) is 27.1. The Balaban J connectivity index is 1.39. The van der Waals surface area contributed by atoms with Crippen molar-refractivity contribution < 1.29 is 24.2 Å². The molecule has 198 valence electrons. The van der Waals surface area contributed by atoms with E-state index in [-0.39, 0.29) is 12.5 Å². The molecule has 3 amide bonds. The number of nitrogens with one attached hydrogen (secondary N) is 3. The van der Waals surface area contributed by atoms with E-state index in [0.717, 1.165) is 11.1 Å². The summed E-state index contributed by atoms with van der Waals surface area (Å²) < 4.78 is 11.1. The number of carbonyl (C=O) groups excluding carboxylic acids is 2. The molecule has 9 nitrogen and oxygen atoms in total. The Bertz CT molecular complexity index is 1290. The van der Waals surface area contributed by atoms with E-state index in [0.29, 0.717) is 55.0 Å². The number of anilines is 1. The van der Waals surface area contributed by atoms with Gasteiger partial charge in [-0.2, -0.15) is 0 Å². The van der Waals surface area contributed by atoms with Gasteiger partial charge in [0.25, 0.3) is 5.91 Å². The lowest BCUT2D eigenvalue weighted by atomic mass is 9.95. The highest BCUT2D eigenvalue weighted by Gasteiger charge is 2.31. The molecule has 0 unspecified atom stereocenters. The number of fused-ring (bicyclic) bond motifs is 1. The van der Waals surface area contributed by atoms with Gasteiger partial charge in [-0.25, -0.2) is 4.79 Å². The van der Waals surface area contributed by atoms with Crippen LogP contribution >= 0.6 is 0 Å². The average Bonchev–Trinajstić information content (AvgIpc) is 3.03. The van der Waals surface area contributed by atoms with Gasteiger partial charge in [0.15, 0.2) is 0 Å². The van der Waals surface area contributed by atoms with Gasteiger partial charge in [-0.15, -0.1) is 0 Å². The van der Waals surface area contributed by atoms with Crippen molar-refractivity contribution in [2.45, 2.75) is 37.8 Å². The normalized spacial score (nSPS) is 18.7. The molecule has 1 saturated heterocycles.